The van der Waals surface area contributed by atoms with Crippen LogP contribution in [0.15, 0.2) is 18.2 Å². The lowest BCUT2D eigenvalue weighted by atomic mass is 10.3. The highest BCUT2D eigenvalue weighted by atomic mass is 35.5. The number of carbonyl (C=O) groups excluding carboxylic acids is 2. The molecular formula is C14H19ClN2O3. The van der Waals surface area contributed by atoms with E-state index in [2.05, 4.69) is 5.32 Å². The Morgan fingerprint density at radius 3 is 2.65 bits per heavy atom. The van der Waals surface area contributed by atoms with Crippen molar-refractivity contribution in [2.45, 2.75) is 20.3 Å². The molecule has 0 aromatic heterocycles. The summed E-state index contributed by atoms with van der Waals surface area (Å²) in [6.07, 6.45) is 0.799. The Bertz CT molecular complexity index is 491. The molecule has 0 aliphatic carbocycles. The van der Waals surface area contributed by atoms with Crippen LogP contribution in [0.25, 0.3) is 0 Å². The first-order chi connectivity index (χ1) is 9.47. The molecule has 0 aliphatic rings. The molecule has 0 atom stereocenters. The van der Waals surface area contributed by atoms with Gasteiger partial charge in [-0.15, -0.1) is 0 Å². The van der Waals surface area contributed by atoms with Gasteiger partial charge in [0.05, 0.1) is 19.3 Å². The lowest BCUT2D eigenvalue weighted by molar-refractivity contribution is -0.132. The molecule has 0 aliphatic heterocycles. The quantitative estimate of drug-likeness (QED) is 0.878. The summed E-state index contributed by atoms with van der Waals surface area (Å²) in [5.74, 6) is 0.113. The molecule has 1 N–H and O–H groups in total. The molecule has 1 aromatic carbocycles. The summed E-state index contributed by atoms with van der Waals surface area (Å²) in [4.78, 5) is 24.9. The number of carbonyl (C=O) groups is 2. The summed E-state index contributed by atoms with van der Waals surface area (Å²) in [6.45, 7) is 3.96. The van der Waals surface area contributed by atoms with E-state index in [1.165, 1.54) is 18.9 Å². The Balaban J connectivity index is 2.75. The second-order valence-electron chi connectivity index (χ2n) is 4.33. The molecule has 1 aromatic rings. The highest BCUT2D eigenvalue weighted by Gasteiger charge is 2.14. The van der Waals surface area contributed by atoms with Crippen LogP contribution in [0.2, 0.25) is 5.02 Å². The van der Waals surface area contributed by atoms with E-state index >= 15 is 0 Å². The topological polar surface area (TPSA) is 58.6 Å². The maximum absolute atomic E-state index is 12.0. The maximum atomic E-state index is 12.0. The molecule has 20 heavy (non-hydrogen) atoms. The van der Waals surface area contributed by atoms with Crippen LogP contribution >= 0.6 is 11.6 Å². The molecule has 0 saturated carbocycles. The van der Waals surface area contributed by atoms with Gasteiger partial charge in [0.1, 0.15) is 5.75 Å². The number of benzene rings is 1. The first kappa shape index (κ1) is 16.3. The molecule has 2 amide bonds. The maximum Gasteiger partial charge on any atom is 0.244 e. The number of nitrogens with one attached hydrogen (secondary N) is 1. The van der Waals surface area contributed by atoms with Gasteiger partial charge in [-0.25, -0.2) is 0 Å². The number of ether oxygens (including phenoxy) is 1. The zero-order chi connectivity index (χ0) is 15.1. The molecule has 5 nitrogen and oxygen atoms in total. The fourth-order valence-electron chi connectivity index (χ4n) is 1.76. The summed E-state index contributed by atoms with van der Waals surface area (Å²) in [5, 5.41) is 3.20. The van der Waals surface area contributed by atoms with Crippen molar-refractivity contribution in [3.05, 3.63) is 23.2 Å². The Morgan fingerprint density at radius 1 is 1.40 bits per heavy atom. The van der Waals surface area contributed by atoms with Crippen LogP contribution in [-0.4, -0.2) is 36.9 Å². The third kappa shape index (κ3) is 4.74. The molecular weight excluding hydrogens is 280 g/mol. The van der Waals surface area contributed by atoms with Crippen LogP contribution in [0.1, 0.15) is 20.3 Å². The summed E-state index contributed by atoms with van der Waals surface area (Å²) in [7, 11) is 1.51. The van der Waals surface area contributed by atoms with E-state index in [-0.39, 0.29) is 18.4 Å². The summed E-state index contributed by atoms with van der Waals surface area (Å²) in [5.41, 5.74) is 0.491. The van der Waals surface area contributed by atoms with E-state index in [4.69, 9.17) is 16.3 Å². The van der Waals surface area contributed by atoms with Crippen LogP contribution in [0.4, 0.5) is 5.69 Å². The molecule has 0 radical (unpaired) electrons. The number of amides is 2. The molecule has 0 bridgehead atoms. The monoisotopic (exact) mass is 298 g/mol. The van der Waals surface area contributed by atoms with Gasteiger partial charge < -0.3 is 15.0 Å². The Hall–Kier alpha value is -1.75. The largest absolute Gasteiger partial charge is 0.495 e. The van der Waals surface area contributed by atoms with Gasteiger partial charge in [0.25, 0.3) is 0 Å². The number of halogens is 1. The normalized spacial score (nSPS) is 10.0. The minimum Gasteiger partial charge on any atom is -0.495 e. The third-order valence-corrected chi connectivity index (χ3v) is 2.94. The average molecular weight is 299 g/mol. The molecule has 0 unspecified atom stereocenters. The Labute approximate surface area is 123 Å². The van der Waals surface area contributed by atoms with E-state index in [1.807, 2.05) is 6.92 Å². The van der Waals surface area contributed by atoms with Crippen molar-refractivity contribution in [2.24, 2.45) is 0 Å². The average Bonchev–Trinajstić information content (AvgIpc) is 2.38. The lowest BCUT2D eigenvalue weighted by Crippen LogP contribution is -2.37. The first-order valence-electron chi connectivity index (χ1n) is 6.36. The van der Waals surface area contributed by atoms with E-state index in [1.54, 1.807) is 18.2 Å². The van der Waals surface area contributed by atoms with Gasteiger partial charge in [-0.1, -0.05) is 18.5 Å². The fraction of sp³-hybridized carbons (Fsp3) is 0.429. The third-order valence-electron chi connectivity index (χ3n) is 2.71. The van der Waals surface area contributed by atoms with E-state index < -0.39 is 0 Å². The molecule has 6 heteroatoms. The summed E-state index contributed by atoms with van der Waals surface area (Å²) < 4.78 is 5.15. The fourth-order valence-corrected chi connectivity index (χ4v) is 1.93. The van der Waals surface area contributed by atoms with E-state index in [0.717, 1.165) is 6.42 Å². The summed E-state index contributed by atoms with van der Waals surface area (Å²) in [6, 6.07) is 4.96. The molecule has 110 valence electrons. The molecule has 1 rings (SSSR count). The SMILES string of the molecule is CCCN(CC(=O)Nc1cc(Cl)ccc1OC)C(C)=O. The minimum absolute atomic E-state index is 0.0127. The minimum atomic E-state index is -0.283. The van der Waals surface area contributed by atoms with Gasteiger partial charge in [-0.05, 0) is 24.6 Å². The number of anilines is 1. The predicted molar refractivity (Wildman–Crippen MR) is 79.2 cm³/mol. The van der Waals surface area contributed by atoms with Gasteiger partial charge >= 0.3 is 0 Å². The zero-order valence-corrected chi connectivity index (χ0v) is 12.7. The first-order valence-corrected chi connectivity index (χ1v) is 6.74. The Morgan fingerprint density at radius 2 is 2.10 bits per heavy atom. The van der Waals surface area contributed by atoms with Crippen LogP contribution in [0, 0.1) is 0 Å². The van der Waals surface area contributed by atoms with Gasteiger partial charge in [0.15, 0.2) is 0 Å². The number of hydrogen-bond acceptors (Lipinski definition) is 3. The number of nitrogens with zero attached hydrogens (tertiary/aromatic N) is 1. The van der Waals surface area contributed by atoms with Gasteiger partial charge in [-0.3, -0.25) is 9.59 Å². The Kier molecular flexibility index (Phi) is 6.31. The second-order valence-corrected chi connectivity index (χ2v) is 4.77. The highest BCUT2D eigenvalue weighted by Crippen LogP contribution is 2.27. The van der Waals surface area contributed by atoms with Gasteiger partial charge in [0.2, 0.25) is 11.8 Å². The van der Waals surface area contributed by atoms with Crippen molar-refractivity contribution in [1.82, 2.24) is 4.90 Å². The lowest BCUT2D eigenvalue weighted by Gasteiger charge is -2.20. The highest BCUT2D eigenvalue weighted by molar-refractivity contribution is 6.31. The number of hydrogen-bond donors (Lipinski definition) is 1. The van der Waals surface area contributed by atoms with Gasteiger partial charge in [-0.2, -0.15) is 0 Å². The van der Waals surface area contributed by atoms with Crippen LogP contribution in [-0.2, 0) is 9.59 Å². The van der Waals surface area contributed by atoms with Crippen LogP contribution < -0.4 is 10.1 Å². The summed E-state index contributed by atoms with van der Waals surface area (Å²) >= 11 is 5.89. The van der Waals surface area contributed by atoms with Gasteiger partial charge in [0, 0.05) is 18.5 Å². The predicted octanol–water partition coefficient (Wildman–Crippen LogP) is 2.55. The number of rotatable bonds is 6. The van der Waals surface area contributed by atoms with Crippen molar-refractivity contribution in [1.29, 1.82) is 0 Å². The molecule has 0 spiro atoms. The molecule has 0 fully saturated rings. The van der Waals surface area contributed by atoms with E-state index in [9.17, 15) is 9.59 Å². The van der Waals surface area contributed by atoms with Crippen molar-refractivity contribution in [2.75, 3.05) is 25.5 Å². The van der Waals surface area contributed by atoms with Crippen molar-refractivity contribution < 1.29 is 14.3 Å². The van der Waals surface area contributed by atoms with Crippen molar-refractivity contribution in [3.8, 4) is 5.75 Å². The molecule has 0 saturated heterocycles. The second kappa shape index (κ2) is 7.75. The zero-order valence-electron chi connectivity index (χ0n) is 11.9. The van der Waals surface area contributed by atoms with Crippen molar-refractivity contribution in [3.63, 3.8) is 0 Å². The standard InChI is InChI=1S/C14H19ClN2O3/c1-4-7-17(10(2)18)9-14(19)16-12-8-11(15)5-6-13(12)20-3/h5-6,8H,4,7,9H2,1-3H3,(H,16,19). The van der Waals surface area contributed by atoms with Crippen LogP contribution in [0.3, 0.4) is 0 Å². The van der Waals surface area contributed by atoms with Crippen molar-refractivity contribution >= 4 is 29.1 Å². The number of methoxy groups -OCH3 is 1. The van der Waals surface area contributed by atoms with E-state index in [0.29, 0.717) is 23.0 Å². The van der Waals surface area contributed by atoms with Crippen LogP contribution in [0.5, 0.6) is 5.75 Å². The smallest absolute Gasteiger partial charge is 0.244 e. The molecule has 0 heterocycles.